The summed E-state index contributed by atoms with van der Waals surface area (Å²) in [7, 11) is 0. The third-order valence-corrected chi connectivity index (χ3v) is 11.1. The zero-order valence-electron chi connectivity index (χ0n) is 29.5. The monoisotopic (exact) mass is 699 g/mol. The second-order valence-electron chi connectivity index (χ2n) is 14.0. The van der Waals surface area contributed by atoms with Gasteiger partial charge in [-0.3, -0.25) is 0 Å². The van der Waals surface area contributed by atoms with Gasteiger partial charge in [-0.25, -0.2) is 0 Å². The second kappa shape index (κ2) is 11.8. The Morgan fingerprint density at radius 1 is 0.327 bits per heavy atom. The number of nitrogens with zero attached hydrogens (tertiary/aromatic N) is 5. The molecule has 5 nitrogen and oxygen atoms in total. The van der Waals surface area contributed by atoms with Crippen LogP contribution in [0.4, 0.5) is 0 Å². The number of fused-ring (bicyclic) bond motifs is 9. The molecule has 0 spiro atoms. The lowest BCUT2D eigenvalue weighted by atomic mass is 10.0. The van der Waals surface area contributed by atoms with Gasteiger partial charge in [0.1, 0.15) is 6.07 Å². The van der Waals surface area contributed by atoms with E-state index in [2.05, 4.69) is 184 Å². The zero-order chi connectivity index (χ0) is 36.6. The summed E-state index contributed by atoms with van der Waals surface area (Å²) >= 11 is 0. The minimum Gasteiger partial charge on any atom is -0.309 e. The van der Waals surface area contributed by atoms with E-state index >= 15 is 0 Å². The number of nitriles is 2. The van der Waals surface area contributed by atoms with Crippen molar-refractivity contribution in [2.24, 2.45) is 0 Å². The van der Waals surface area contributed by atoms with Crippen LogP contribution in [0.15, 0.2) is 176 Å². The first-order valence-electron chi connectivity index (χ1n) is 18.3. The lowest BCUT2D eigenvalue weighted by Crippen LogP contribution is -1.99. The van der Waals surface area contributed by atoms with Gasteiger partial charge in [-0.05, 0) is 102 Å². The first-order chi connectivity index (χ1) is 27.2. The van der Waals surface area contributed by atoms with Crippen LogP contribution in [0.5, 0.6) is 0 Å². The number of para-hydroxylation sites is 4. The Morgan fingerprint density at radius 2 is 0.800 bits per heavy atom. The highest BCUT2D eigenvalue weighted by atomic mass is 15.0. The molecule has 3 aromatic heterocycles. The molecule has 8 aromatic carbocycles. The van der Waals surface area contributed by atoms with Gasteiger partial charge >= 0.3 is 0 Å². The molecule has 5 heteroatoms. The Kier molecular flexibility index (Phi) is 6.61. The molecule has 0 bridgehead atoms. The lowest BCUT2D eigenvalue weighted by molar-refractivity contribution is 1.16. The summed E-state index contributed by atoms with van der Waals surface area (Å²) in [5.74, 6) is 0. The van der Waals surface area contributed by atoms with E-state index < -0.39 is 0 Å². The standard InChI is InChI=1S/C50H29N5/c51-30-32-18-22-44(35(26-32)31-52)55-49-24-20-34(33-19-23-48-41(27-33)40-14-6-9-17-47(40)53(48)36-10-2-1-3-11-36)28-42(49)43-29-37(21-25-50(43)55)54-45-15-7-4-12-38(45)39-13-5-8-16-46(39)54/h1-29H. The van der Waals surface area contributed by atoms with Crippen LogP contribution in [0, 0.1) is 22.7 Å². The molecule has 0 amide bonds. The van der Waals surface area contributed by atoms with E-state index in [9.17, 15) is 10.5 Å². The molecule has 11 aromatic rings. The largest absolute Gasteiger partial charge is 0.309 e. The molecule has 0 saturated heterocycles. The summed E-state index contributed by atoms with van der Waals surface area (Å²) in [4.78, 5) is 0. The van der Waals surface area contributed by atoms with Crippen molar-refractivity contribution in [3.05, 3.63) is 187 Å². The van der Waals surface area contributed by atoms with E-state index in [1.54, 1.807) is 12.1 Å². The van der Waals surface area contributed by atoms with E-state index in [1.165, 1.54) is 27.1 Å². The number of hydrogen-bond acceptors (Lipinski definition) is 2. The predicted molar refractivity (Wildman–Crippen MR) is 224 cm³/mol. The van der Waals surface area contributed by atoms with Gasteiger partial charge in [-0.2, -0.15) is 10.5 Å². The summed E-state index contributed by atoms with van der Waals surface area (Å²) < 4.78 is 6.85. The van der Waals surface area contributed by atoms with Crippen molar-refractivity contribution in [1.29, 1.82) is 10.5 Å². The van der Waals surface area contributed by atoms with Crippen LogP contribution in [0.1, 0.15) is 11.1 Å². The average Bonchev–Trinajstić information content (AvgIpc) is 3.88. The fourth-order valence-electron chi connectivity index (χ4n) is 8.69. The van der Waals surface area contributed by atoms with E-state index in [0.29, 0.717) is 11.1 Å². The molecule has 0 radical (unpaired) electrons. The van der Waals surface area contributed by atoms with Crippen molar-refractivity contribution in [2.45, 2.75) is 0 Å². The number of aromatic nitrogens is 3. The fourth-order valence-corrected chi connectivity index (χ4v) is 8.69. The van der Waals surface area contributed by atoms with Crippen LogP contribution in [-0.2, 0) is 0 Å². The van der Waals surface area contributed by atoms with E-state index in [-0.39, 0.29) is 0 Å². The van der Waals surface area contributed by atoms with Crippen molar-refractivity contribution in [3.8, 4) is 40.3 Å². The Bertz CT molecular complexity index is 3400. The molecule has 0 N–H and O–H groups in total. The molecule has 11 rings (SSSR count). The molecule has 254 valence electrons. The average molecular weight is 700 g/mol. The molecule has 0 saturated carbocycles. The van der Waals surface area contributed by atoms with Gasteiger partial charge in [0, 0.05) is 43.7 Å². The maximum Gasteiger partial charge on any atom is 0.101 e. The molecule has 0 atom stereocenters. The highest BCUT2D eigenvalue weighted by Gasteiger charge is 2.20. The van der Waals surface area contributed by atoms with E-state index in [1.807, 2.05) is 6.07 Å². The van der Waals surface area contributed by atoms with Gasteiger partial charge in [0.2, 0.25) is 0 Å². The summed E-state index contributed by atoms with van der Waals surface area (Å²) in [6.07, 6.45) is 0. The highest BCUT2D eigenvalue weighted by molar-refractivity contribution is 6.14. The van der Waals surface area contributed by atoms with Crippen LogP contribution in [0.25, 0.3) is 93.6 Å². The van der Waals surface area contributed by atoms with Crippen molar-refractivity contribution in [2.75, 3.05) is 0 Å². The molecular formula is C50H29N5. The highest BCUT2D eigenvalue weighted by Crippen LogP contribution is 2.40. The zero-order valence-corrected chi connectivity index (χ0v) is 29.5. The maximum atomic E-state index is 10.3. The van der Waals surface area contributed by atoms with Gasteiger partial charge in [0.05, 0.1) is 56.0 Å². The molecule has 0 aliphatic rings. The summed E-state index contributed by atoms with van der Waals surface area (Å²) in [5, 5.41) is 26.9. The number of rotatable bonds is 4. The number of benzene rings is 8. The molecule has 0 aliphatic carbocycles. The molecule has 0 aliphatic heterocycles. The SMILES string of the molecule is N#Cc1ccc(-n2c3ccc(-c4ccc5c(c4)c4ccccc4n5-c4ccccc4)cc3c3cc(-n4c5ccccc5c5ccccc54)ccc32)c(C#N)c1. The van der Waals surface area contributed by atoms with Crippen LogP contribution in [-0.4, -0.2) is 13.7 Å². The Morgan fingerprint density at radius 3 is 1.40 bits per heavy atom. The normalized spacial score (nSPS) is 11.6. The lowest BCUT2D eigenvalue weighted by Gasteiger charge is -2.12. The third kappa shape index (κ3) is 4.51. The van der Waals surface area contributed by atoms with Gasteiger partial charge in [0.25, 0.3) is 0 Å². The minimum atomic E-state index is 0.452. The predicted octanol–water partition coefficient (Wildman–Crippen LogP) is 12.4. The van der Waals surface area contributed by atoms with Crippen LogP contribution in [0.2, 0.25) is 0 Å². The van der Waals surface area contributed by atoms with Crippen LogP contribution < -0.4 is 0 Å². The van der Waals surface area contributed by atoms with E-state index in [4.69, 9.17) is 0 Å². The first kappa shape index (κ1) is 30.7. The Balaban J connectivity index is 1.18. The molecular weight excluding hydrogens is 671 g/mol. The smallest absolute Gasteiger partial charge is 0.101 e. The quantitative estimate of drug-likeness (QED) is 0.184. The number of hydrogen-bond donors (Lipinski definition) is 0. The van der Waals surface area contributed by atoms with E-state index in [0.717, 1.165) is 66.5 Å². The summed E-state index contributed by atoms with van der Waals surface area (Å²) in [6, 6.07) is 66.2. The minimum absolute atomic E-state index is 0.452. The van der Waals surface area contributed by atoms with Crippen molar-refractivity contribution in [3.63, 3.8) is 0 Å². The first-order valence-corrected chi connectivity index (χ1v) is 18.3. The molecule has 3 heterocycles. The summed E-state index contributed by atoms with van der Waals surface area (Å²) in [5.41, 5.74) is 12.7. The van der Waals surface area contributed by atoms with Crippen molar-refractivity contribution < 1.29 is 0 Å². The van der Waals surface area contributed by atoms with Crippen LogP contribution >= 0.6 is 0 Å². The van der Waals surface area contributed by atoms with Gasteiger partial charge in [0.15, 0.2) is 0 Å². The molecule has 0 unspecified atom stereocenters. The molecule has 0 fully saturated rings. The van der Waals surface area contributed by atoms with Gasteiger partial charge in [-0.1, -0.05) is 84.9 Å². The third-order valence-electron chi connectivity index (χ3n) is 11.1. The van der Waals surface area contributed by atoms with Crippen LogP contribution in [0.3, 0.4) is 0 Å². The topological polar surface area (TPSA) is 62.4 Å². The Hall–Kier alpha value is -7.86. The Labute approximate surface area is 316 Å². The van der Waals surface area contributed by atoms with Crippen molar-refractivity contribution >= 4 is 65.4 Å². The second-order valence-corrected chi connectivity index (χ2v) is 14.0. The summed E-state index contributed by atoms with van der Waals surface area (Å²) in [6.45, 7) is 0. The molecule has 55 heavy (non-hydrogen) atoms. The maximum absolute atomic E-state index is 10.3. The van der Waals surface area contributed by atoms with Gasteiger partial charge < -0.3 is 13.7 Å². The van der Waals surface area contributed by atoms with Gasteiger partial charge in [-0.15, -0.1) is 0 Å². The fraction of sp³-hybridized carbons (Fsp3) is 0. The van der Waals surface area contributed by atoms with Crippen molar-refractivity contribution in [1.82, 2.24) is 13.7 Å².